The Balaban J connectivity index is 2.21. The van der Waals surface area contributed by atoms with Gasteiger partial charge in [-0.05, 0) is 12.8 Å². The van der Waals surface area contributed by atoms with Crippen LogP contribution in [0.1, 0.15) is 31.4 Å². The summed E-state index contributed by atoms with van der Waals surface area (Å²) in [6.45, 7) is 2.56. The third-order valence-electron chi connectivity index (χ3n) is 3.45. The minimum absolute atomic E-state index is 0.127. The Labute approximate surface area is 119 Å². The van der Waals surface area contributed by atoms with Crippen LogP contribution in [0.4, 0.5) is 0 Å². The van der Waals surface area contributed by atoms with Gasteiger partial charge in [0.15, 0.2) is 9.84 Å². The van der Waals surface area contributed by atoms with Gasteiger partial charge in [0.1, 0.15) is 4.90 Å². The van der Waals surface area contributed by atoms with Crippen molar-refractivity contribution in [3.05, 3.63) is 11.9 Å². The fourth-order valence-electron chi connectivity index (χ4n) is 2.48. The second-order valence-electron chi connectivity index (χ2n) is 5.08. The molecule has 0 aromatic carbocycles. The number of nitrogens with one attached hydrogen (secondary N) is 1. The lowest BCUT2D eigenvalue weighted by atomic mass is 10.1. The van der Waals surface area contributed by atoms with Gasteiger partial charge in [0.05, 0.1) is 17.6 Å². The van der Waals surface area contributed by atoms with Crippen LogP contribution < -0.4 is 0 Å². The number of sulfonamides is 1. The Kier molecular flexibility index (Phi) is 4.22. The smallest absolute Gasteiger partial charge is 0.214 e. The quantitative estimate of drug-likeness (QED) is 0.843. The van der Waals surface area contributed by atoms with Crippen LogP contribution in [-0.2, 0) is 19.9 Å². The van der Waals surface area contributed by atoms with Gasteiger partial charge in [0.2, 0.25) is 10.0 Å². The van der Waals surface area contributed by atoms with Crippen molar-refractivity contribution in [2.45, 2.75) is 30.6 Å². The highest BCUT2D eigenvalue weighted by Gasteiger charge is 2.34. The Morgan fingerprint density at radius 3 is 2.70 bits per heavy atom. The van der Waals surface area contributed by atoms with E-state index in [1.54, 1.807) is 0 Å². The average molecular weight is 321 g/mol. The third-order valence-corrected chi connectivity index (χ3v) is 6.61. The molecule has 0 saturated carbocycles. The maximum atomic E-state index is 12.0. The Morgan fingerprint density at radius 2 is 2.10 bits per heavy atom. The minimum Gasteiger partial charge on any atom is -0.281 e. The first-order valence-electron chi connectivity index (χ1n) is 6.47. The molecule has 0 spiro atoms. The summed E-state index contributed by atoms with van der Waals surface area (Å²) >= 11 is 0. The molecule has 1 aliphatic heterocycles. The first-order chi connectivity index (χ1) is 9.25. The van der Waals surface area contributed by atoms with Crippen LogP contribution in [0.5, 0.6) is 0 Å². The number of aromatic amines is 1. The lowest BCUT2D eigenvalue weighted by molar-refractivity contribution is 0.471. The molecule has 7 nitrogen and oxygen atoms in total. The molecule has 114 valence electrons. The van der Waals surface area contributed by atoms with E-state index in [0.717, 1.165) is 6.26 Å². The van der Waals surface area contributed by atoms with Crippen LogP contribution in [0, 0.1) is 0 Å². The zero-order valence-electron chi connectivity index (χ0n) is 11.5. The van der Waals surface area contributed by atoms with Crippen molar-refractivity contribution in [1.82, 2.24) is 14.5 Å². The largest absolute Gasteiger partial charge is 0.281 e. The molecule has 0 unspecified atom stereocenters. The topological polar surface area (TPSA) is 100 Å². The Bertz CT molecular complexity index is 678. The predicted octanol–water partition coefficient (Wildman–Crippen LogP) is 0.342. The van der Waals surface area contributed by atoms with Gasteiger partial charge < -0.3 is 0 Å². The van der Waals surface area contributed by atoms with E-state index in [-0.39, 0.29) is 16.6 Å². The van der Waals surface area contributed by atoms with E-state index >= 15 is 0 Å². The highest BCUT2D eigenvalue weighted by molar-refractivity contribution is 7.90. The van der Waals surface area contributed by atoms with Gasteiger partial charge in [0, 0.05) is 25.3 Å². The van der Waals surface area contributed by atoms with Crippen molar-refractivity contribution in [1.29, 1.82) is 0 Å². The van der Waals surface area contributed by atoms with Gasteiger partial charge >= 0.3 is 0 Å². The summed E-state index contributed by atoms with van der Waals surface area (Å²) in [6, 6.07) is 0. The third kappa shape index (κ3) is 3.04. The second-order valence-corrected chi connectivity index (χ2v) is 9.15. The number of rotatable bonds is 5. The monoisotopic (exact) mass is 321 g/mol. The summed E-state index contributed by atoms with van der Waals surface area (Å²) in [5.41, 5.74) is 0.515. The molecular weight excluding hydrogens is 302 g/mol. The van der Waals surface area contributed by atoms with Crippen LogP contribution in [0.2, 0.25) is 0 Å². The normalized spacial score (nSPS) is 21.4. The van der Waals surface area contributed by atoms with Crippen LogP contribution in [0.25, 0.3) is 0 Å². The van der Waals surface area contributed by atoms with E-state index in [2.05, 4.69) is 10.2 Å². The van der Waals surface area contributed by atoms with Gasteiger partial charge in [-0.3, -0.25) is 5.10 Å². The molecule has 1 atom stereocenters. The fraction of sp³-hybridized carbons (Fsp3) is 0.727. The molecule has 2 heterocycles. The van der Waals surface area contributed by atoms with Crippen molar-refractivity contribution in [2.24, 2.45) is 0 Å². The van der Waals surface area contributed by atoms with E-state index in [1.165, 1.54) is 10.5 Å². The summed E-state index contributed by atoms with van der Waals surface area (Å²) < 4.78 is 48.8. The van der Waals surface area contributed by atoms with Gasteiger partial charge in [-0.25, -0.2) is 21.1 Å². The van der Waals surface area contributed by atoms with Crippen LogP contribution >= 0.6 is 0 Å². The van der Waals surface area contributed by atoms with Gasteiger partial charge in [-0.2, -0.15) is 5.10 Å². The van der Waals surface area contributed by atoms with E-state index in [1.807, 2.05) is 6.92 Å². The molecule has 0 radical (unpaired) electrons. The number of aromatic nitrogens is 2. The van der Waals surface area contributed by atoms with Gasteiger partial charge in [0.25, 0.3) is 0 Å². The van der Waals surface area contributed by atoms with Crippen molar-refractivity contribution in [3.8, 4) is 0 Å². The lowest BCUT2D eigenvalue weighted by Gasteiger charge is -2.15. The predicted molar refractivity (Wildman–Crippen MR) is 74.7 cm³/mol. The molecule has 2 rings (SSSR count). The molecule has 1 fully saturated rings. The summed E-state index contributed by atoms with van der Waals surface area (Å²) in [4.78, 5) is 0.164. The standard InChI is InChI=1S/C11H19N3O4S2/c1-3-6-20(17,18)14-5-4-9(8-14)11-10(7-12-13-11)19(2,15)16/h7,9H,3-6,8H2,1-2H3,(H,12,13)/t9-/m1/s1. The van der Waals surface area contributed by atoms with Crippen LogP contribution in [0.3, 0.4) is 0 Å². The van der Waals surface area contributed by atoms with Crippen LogP contribution in [0.15, 0.2) is 11.1 Å². The fourth-order valence-corrected chi connectivity index (χ4v) is 4.90. The highest BCUT2D eigenvalue weighted by atomic mass is 32.2. The number of hydrogen-bond donors (Lipinski definition) is 1. The molecule has 0 aliphatic carbocycles. The molecule has 20 heavy (non-hydrogen) atoms. The molecule has 1 aromatic heterocycles. The van der Waals surface area contributed by atoms with Crippen molar-refractivity contribution in [2.75, 3.05) is 25.1 Å². The molecule has 1 aromatic rings. The summed E-state index contributed by atoms with van der Waals surface area (Å²) in [6.07, 6.45) is 3.59. The lowest BCUT2D eigenvalue weighted by Crippen LogP contribution is -2.30. The molecule has 0 bridgehead atoms. The zero-order valence-corrected chi connectivity index (χ0v) is 13.2. The van der Waals surface area contributed by atoms with Gasteiger partial charge in [-0.1, -0.05) is 6.92 Å². The molecule has 9 heteroatoms. The number of hydrogen-bond acceptors (Lipinski definition) is 5. The maximum Gasteiger partial charge on any atom is 0.214 e. The van der Waals surface area contributed by atoms with E-state index in [4.69, 9.17) is 0 Å². The zero-order chi connectivity index (χ0) is 15.0. The van der Waals surface area contributed by atoms with Crippen LogP contribution in [-0.4, -0.2) is 56.4 Å². The summed E-state index contributed by atoms with van der Waals surface area (Å²) in [5.74, 6) is -0.0180. The van der Waals surface area contributed by atoms with E-state index < -0.39 is 19.9 Å². The molecular formula is C11H19N3O4S2. The summed E-state index contributed by atoms with van der Waals surface area (Å²) in [5, 5.41) is 6.49. The number of H-pyrrole nitrogens is 1. The maximum absolute atomic E-state index is 12.0. The van der Waals surface area contributed by atoms with Crippen molar-refractivity contribution < 1.29 is 16.8 Å². The average Bonchev–Trinajstić information content (AvgIpc) is 2.97. The molecule has 1 aliphatic rings. The minimum atomic E-state index is -3.35. The van der Waals surface area contributed by atoms with Gasteiger partial charge in [-0.15, -0.1) is 0 Å². The van der Waals surface area contributed by atoms with E-state index in [0.29, 0.717) is 31.6 Å². The summed E-state index contributed by atoms with van der Waals surface area (Å²) in [7, 11) is -6.59. The Hall–Kier alpha value is -0.930. The van der Waals surface area contributed by atoms with Crippen molar-refractivity contribution in [3.63, 3.8) is 0 Å². The SMILES string of the molecule is CCCS(=O)(=O)N1CC[C@@H](c2[nH]ncc2S(C)(=O)=O)C1. The molecule has 1 saturated heterocycles. The molecule has 0 amide bonds. The van der Waals surface area contributed by atoms with E-state index in [9.17, 15) is 16.8 Å². The number of nitrogens with zero attached hydrogens (tertiary/aromatic N) is 2. The number of sulfone groups is 1. The first kappa shape index (κ1) is 15.5. The first-order valence-corrected chi connectivity index (χ1v) is 9.97. The van der Waals surface area contributed by atoms with Crippen molar-refractivity contribution >= 4 is 19.9 Å². The molecule has 1 N–H and O–H groups in total. The Morgan fingerprint density at radius 1 is 1.40 bits per heavy atom. The highest BCUT2D eigenvalue weighted by Crippen LogP contribution is 2.31. The second kappa shape index (κ2) is 5.45.